The summed E-state index contributed by atoms with van der Waals surface area (Å²) in [6.07, 6.45) is 4.21. The Morgan fingerprint density at radius 3 is 1.79 bits per heavy atom. The van der Waals surface area contributed by atoms with E-state index in [0.29, 0.717) is 12.0 Å². The van der Waals surface area contributed by atoms with E-state index in [9.17, 15) is 9.00 Å². The van der Waals surface area contributed by atoms with Crippen LogP contribution in [-0.4, -0.2) is 34.4 Å². The third kappa shape index (κ3) is 3.99. The number of ether oxygens (including phenoxy) is 1. The lowest BCUT2D eigenvalue weighted by Crippen LogP contribution is -2.54. The molecular formula is C24H34O3S. The van der Waals surface area contributed by atoms with Gasteiger partial charge in [0.15, 0.2) is 11.4 Å². The van der Waals surface area contributed by atoms with Gasteiger partial charge in [-0.3, -0.25) is 9.00 Å². The fourth-order valence-electron chi connectivity index (χ4n) is 4.18. The Balaban J connectivity index is 2.71. The number of hydrogen-bond acceptors (Lipinski definition) is 3. The van der Waals surface area contributed by atoms with E-state index in [1.807, 2.05) is 101 Å². The highest BCUT2D eigenvalue weighted by Crippen LogP contribution is 2.50. The van der Waals surface area contributed by atoms with Crippen molar-refractivity contribution < 1.29 is 13.7 Å². The molecule has 0 spiro atoms. The fourth-order valence-corrected chi connectivity index (χ4v) is 4.95. The number of methoxy groups -OCH3 is 1. The van der Waals surface area contributed by atoms with E-state index < -0.39 is 25.7 Å². The summed E-state index contributed by atoms with van der Waals surface area (Å²) >= 11 is 0. The van der Waals surface area contributed by atoms with Crippen molar-refractivity contribution in [2.24, 2.45) is 5.41 Å². The van der Waals surface area contributed by atoms with Crippen LogP contribution in [0.1, 0.15) is 50.0 Å². The minimum absolute atomic E-state index is 0.0790. The van der Waals surface area contributed by atoms with Crippen molar-refractivity contribution in [2.45, 2.75) is 44.5 Å². The molecule has 3 nitrogen and oxygen atoms in total. The lowest BCUT2D eigenvalue weighted by Gasteiger charge is -2.49. The first-order chi connectivity index (χ1) is 12.9. The monoisotopic (exact) mass is 402 g/mol. The second-order valence-electron chi connectivity index (χ2n) is 9.17. The molecule has 1 unspecified atom stereocenters. The Morgan fingerprint density at radius 1 is 0.893 bits per heavy atom. The zero-order valence-corrected chi connectivity index (χ0v) is 19.0. The van der Waals surface area contributed by atoms with Crippen LogP contribution < -0.4 is 0 Å². The Labute approximate surface area is 170 Å². The molecule has 0 saturated carbocycles. The maximum atomic E-state index is 13.9. The number of ketones is 1. The maximum Gasteiger partial charge on any atom is 0.199 e. The zero-order valence-electron chi connectivity index (χ0n) is 18.2. The molecule has 154 valence electrons. The molecule has 0 amide bonds. The molecule has 4 heteroatoms. The molecule has 0 N–H and O–H groups in total. The number of thiol groups is 1. The van der Waals surface area contributed by atoms with E-state index >= 15 is 0 Å². The second-order valence-corrected chi connectivity index (χ2v) is 13.1. The third-order valence-electron chi connectivity index (χ3n) is 6.13. The van der Waals surface area contributed by atoms with E-state index in [2.05, 4.69) is 0 Å². The minimum Gasteiger partial charge on any atom is -0.365 e. The Hall–Kier alpha value is -1.78. The van der Waals surface area contributed by atoms with Gasteiger partial charge >= 0.3 is 0 Å². The van der Waals surface area contributed by atoms with Gasteiger partial charge in [0.2, 0.25) is 0 Å². The molecular weight excluding hydrogens is 368 g/mol. The van der Waals surface area contributed by atoms with Gasteiger partial charge < -0.3 is 4.74 Å². The standard InChI is InChI=1S/C24H34O3S/c1-22(2,18-23(3,4)28(6,7)26)24(27-5,20-16-12-9-13-17-20)21(25)19-14-10-8-11-15-19/h8-17,28H,18H2,1-7H3. The van der Waals surface area contributed by atoms with Gasteiger partial charge in [-0.2, -0.15) is 0 Å². The number of rotatable bonds is 8. The molecule has 0 heterocycles. The SMILES string of the molecule is COC(C(=O)c1ccccc1)(c1ccccc1)C(C)(C)CC(C)(C)[SH](C)(C)=O. The average molecular weight is 403 g/mol. The van der Waals surface area contributed by atoms with Gasteiger partial charge in [-0.15, -0.1) is 9.93 Å². The van der Waals surface area contributed by atoms with Gasteiger partial charge in [0, 0.05) is 22.8 Å². The predicted molar refractivity (Wildman–Crippen MR) is 120 cm³/mol. The quantitative estimate of drug-likeness (QED) is 0.505. The van der Waals surface area contributed by atoms with Crippen molar-refractivity contribution in [1.29, 1.82) is 0 Å². The topological polar surface area (TPSA) is 43.4 Å². The van der Waals surface area contributed by atoms with Crippen LogP contribution in [0.3, 0.4) is 0 Å². The summed E-state index contributed by atoms with van der Waals surface area (Å²) in [7, 11) is -0.808. The zero-order chi connectivity index (χ0) is 21.2. The molecule has 0 saturated heterocycles. The average Bonchev–Trinajstić information content (AvgIpc) is 2.62. The first kappa shape index (κ1) is 22.5. The molecule has 2 aromatic rings. The van der Waals surface area contributed by atoms with Crippen molar-refractivity contribution in [3.8, 4) is 0 Å². The molecule has 0 aliphatic carbocycles. The number of Topliss-reactive ketones (excluding diaryl/α,β-unsaturated/α-hetero) is 1. The highest BCUT2D eigenvalue weighted by Gasteiger charge is 2.55. The highest BCUT2D eigenvalue weighted by molar-refractivity contribution is 8.02. The highest BCUT2D eigenvalue weighted by atomic mass is 32.2. The number of hydrogen-bond donors (Lipinski definition) is 1. The van der Waals surface area contributed by atoms with E-state index in [1.165, 1.54) is 0 Å². The molecule has 0 radical (unpaired) electrons. The fraction of sp³-hybridized carbons (Fsp3) is 0.458. The number of benzene rings is 2. The summed E-state index contributed by atoms with van der Waals surface area (Å²) in [6.45, 7) is 8.13. The van der Waals surface area contributed by atoms with Crippen molar-refractivity contribution in [2.75, 3.05) is 19.6 Å². The summed E-state index contributed by atoms with van der Waals surface area (Å²) in [5.41, 5.74) is -0.382. The van der Waals surface area contributed by atoms with Crippen LogP contribution in [0, 0.1) is 5.41 Å². The maximum absolute atomic E-state index is 13.9. The molecule has 1 atom stereocenters. The van der Waals surface area contributed by atoms with Crippen molar-refractivity contribution in [3.63, 3.8) is 0 Å². The van der Waals surface area contributed by atoms with E-state index in [0.717, 1.165) is 5.56 Å². The number of carbonyl (C=O) groups is 1. The summed E-state index contributed by atoms with van der Waals surface area (Å²) < 4.78 is 18.7. The second kappa shape index (κ2) is 7.92. The normalized spacial score (nSPS) is 15.7. The molecule has 0 fully saturated rings. The largest absolute Gasteiger partial charge is 0.365 e. The molecule has 28 heavy (non-hydrogen) atoms. The minimum atomic E-state index is -2.41. The summed E-state index contributed by atoms with van der Waals surface area (Å²) in [5, 5.41) is 0. The van der Waals surface area contributed by atoms with Gasteiger partial charge in [-0.05, 0) is 24.5 Å². The van der Waals surface area contributed by atoms with Crippen LogP contribution in [0.5, 0.6) is 0 Å². The van der Waals surface area contributed by atoms with Gasteiger partial charge in [0.25, 0.3) is 0 Å². The molecule has 0 aliphatic rings. The first-order valence-corrected chi connectivity index (χ1v) is 12.2. The predicted octanol–water partition coefficient (Wildman–Crippen LogP) is 4.88. The van der Waals surface area contributed by atoms with Crippen molar-refractivity contribution in [1.82, 2.24) is 0 Å². The van der Waals surface area contributed by atoms with Crippen molar-refractivity contribution in [3.05, 3.63) is 71.8 Å². The Morgan fingerprint density at radius 2 is 1.36 bits per heavy atom. The van der Waals surface area contributed by atoms with Gasteiger partial charge in [0.1, 0.15) is 0 Å². The Bertz CT molecular complexity index is 850. The smallest absolute Gasteiger partial charge is 0.199 e. The van der Waals surface area contributed by atoms with Gasteiger partial charge in [-0.1, -0.05) is 88.4 Å². The summed E-state index contributed by atoms with van der Waals surface area (Å²) in [6, 6.07) is 18.9. The third-order valence-corrected chi connectivity index (χ3v) is 9.20. The van der Waals surface area contributed by atoms with Crippen LogP contribution >= 0.6 is 0 Å². The molecule has 2 rings (SSSR count). The Kier molecular flexibility index (Phi) is 6.37. The molecule has 0 bridgehead atoms. The van der Waals surface area contributed by atoms with Crippen LogP contribution in [0.4, 0.5) is 0 Å². The summed E-state index contributed by atoms with van der Waals surface area (Å²) in [4.78, 5) is 13.9. The lowest BCUT2D eigenvalue weighted by atomic mass is 9.63. The van der Waals surface area contributed by atoms with Crippen LogP contribution in [0.2, 0.25) is 0 Å². The molecule has 0 aliphatic heterocycles. The van der Waals surface area contributed by atoms with E-state index in [4.69, 9.17) is 4.74 Å². The molecule has 0 aromatic heterocycles. The number of carbonyl (C=O) groups excluding carboxylic acids is 1. The van der Waals surface area contributed by atoms with Gasteiger partial charge in [0.05, 0.1) is 0 Å². The van der Waals surface area contributed by atoms with Crippen molar-refractivity contribution >= 4 is 15.7 Å². The van der Waals surface area contributed by atoms with E-state index in [-0.39, 0.29) is 5.78 Å². The first-order valence-electron chi connectivity index (χ1n) is 9.65. The van der Waals surface area contributed by atoms with Crippen LogP contribution in [-0.2, 0) is 20.3 Å². The lowest BCUT2D eigenvalue weighted by molar-refractivity contribution is -0.0814. The van der Waals surface area contributed by atoms with Gasteiger partial charge in [-0.25, -0.2) is 0 Å². The van der Waals surface area contributed by atoms with E-state index in [1.54, 1.807) is 7.11 Å². The summed E-state index contributed by atoms with van der Waals surface area (Å²) in [5.74, 6) is -0.0790. The molecule has 2 aromatic carbocycles. The van der Waals surface area contributed by atoms with Crippen LogP contribution in [0.25, 0.3) is 0 Å². The van der Waals surface area contributed by atoms with Crippen LogP contribution in [0.15, 0.2) is 60.7 Å².